The Kier molecular flexibility index (Phi) is 6.44. The van der Waals surface area contributed by atoms with Gasteiger partial charge in [0.25, 0.3) is 0 Å². The van der Waals surface area contributed by atoms with Crippen molar-refractivity contribution in [3.05, 3.63) is 12.2 Å². The molecule has 0 fully saturated rings. The maximum absolute atomic E-state index is 10.2. The van der Waals surface area contributed by atoms with Crippen LogP contribution in [0.25, 0.3) is 0 Å². The number of allylic oxidation sites excluding steroid dienone is 2. The van der Waals surface area contributed by atoms with Gasteiger partial charge in [-0.2, -0.15) is 0 Å². The molecule has 0 aliphatic rings. The lowest BCUT2D eigenvalue weighted by molar-refractivity contribution is -0.137. The molecule has 70 valence electrons. The van der Waals surface area contributed by atoms with Crippen molar-refractivity contribution in [2.45, 2.75) is 39.5 Å². The number of hydrogen-bond donors (Lipinski definition) is 1. The Bertz CT molecular complexity index is 150. The van der Waals surface area contributed by atoms with Crippen molar-refractivity contribution in [1.82, 2.24) is 0 Å². The molecule has 0 aromatic carbocycles. The standard InChI is InChI=1S/C10H18O2/c1-3-4-5-6-9(2)7-8-10(11)12/h3-4,9H,5-8H2,1-2H3,(H,11,12). The molecule has 0 saturated heterocycles. The van der Waals surface area contributed by atoms with E-state index in [9.17, 15) is 4.79 Å². The van der Waals surface area contributed by atoms with Gasteiger partial charge in [0.15, 0.2) is 0 Å². The summed E-state index contributed by atoms with van der Waals surface area (Å²) in [6.45, 7) is 4.11. The summed E-state index contributed by atoms with van der Waals surface area (Å²) in [7, 11) is 0. The van der Waals surface area contributed by atoms with Crippen LogP contribution in [0.4, 0.5) is 0 Å². The number of aliphatic carboxylic acids is 1. The summed E-state index contributed by atoms with van der Waals surface area (Å²) in [4.78, 5) is 10.2. The first-order chi connectivity index (χ1) is 5.66. The maximum atomic E-state index is 10.2. The van der Waals surface area contributed by atoms with Gasteiger partial charge in [0, 0.05) is 6.42 Å². The molecule has 2 heteroatoms. The van der Waals surface area contributed by atoms with E-state index in [2.05, 4.69) is 13.0 Å². The zero-order valence-corrected chi connectivity index (χ0v) is 7.92. The molecular formula is C10H18O2. The second kappa shape index (κ2) is 6.89. The Morgan fingerprint density at radius 3 is 2.67 bits per heavy atom. The van der Waals surface area contributed by atoms with Gasteiger partial charge in [0.05, 0.1) is 0 Å². The lowest BCUT2D eigenvalue weighted by Gasteiger charge is -2.06. The van der Waals surface area contributed by atoms with Gasteiger partial charge >= 0.3 is 5.97 Å². The van der Waals surface area contributed by atoms with Crippen molar-refractivity contribution in [2.24, 2.45) is 5.92 Å². The molecule has 0 rings (SSSR count). The number of carboxylic acids is 1. The lowest BCUT2D eigenvalue weighted by atomic mass is 10.00. The molecule has 0 amide bonds. The third-order valence-electron chi connectivity index (χ3n) is 1.91. The Morgan fingerprint density at radius 2 is 2.17 bits per heavy atom. The quantitative estimate of drug-likeness (QED) is 0.622. The summed E-state index contributed by atoms with van der Waals surface area (Å²) < 4.78 is 0. The lowest BCUT2D eigenvalue weighted by Crippen LogP contribution is -2.00. The SMILES string of the molecule is CC=CCCC(C)CCC(=O)O. The molecule has 12 heavy (non-hydrogen) atoms. The van der Waals surface area contributed by atoms with Crippen LogP contribution in [0, 0.1) is 5.92 Å². The van der Waals surface area contributed by atoms with E-state index in [1.165, 1.54) is 0 Å². The summed E-state index contributed by atoms with van der Waals surface area (Å²) in [6, 6.07) is 0. The number of carboxylic acid groups (broad SMARTS) is 1. The zero-order valence-electron chi connectivity index (χ0n) is 7.92. The zero-order chi connectivity index (χ0) is 9.40. The summed E-state index contributed by atoms with van der Waals surface area (Å²) in [5.41, 5.74) is 0. The molecule has 1 atom stereocenters. The molecule has 0 radical (unpaired) electrons. The van der Waals surface area contributed by atoms with E-state index in [1.54, 1.807) is 0 Å². The van der Waals surface area contributed by atoms with Crippen LogP contribution in [0.15, 0.2) is 12.2 Å². The van der Waals surface area contributed by atoms with Crippen LogP contribution in [0.5, 0.6) is 0 Å². The van der Waals surface area contributed by atoms with Gasteiger partial charge in [-0.05, 0) is 32.1 Å². The van der Waals surface area contributed by atoms with Crippen LogP contribution in [0.2, 0.25) is 0 Å². The smallest absolute Gasteiger partial charge is 0.303 e. The van der Waals surface area contributed by atoms with E-state index in [0.717, 1.165) is 19.3 Å². The molecule has 0 spiro atoms. The molecule has 0 aliphatic carbocycles. The Labute approximate surface area is 74.3 Å². The molecule has 1 unspecified atom stereocenters. The second-order valence-electron chi connectivity index (χ2n) is 3.18. The minimum atomic E-state index is -0.687. The third-order valence-corrected chi connectivity index (χ3v) is 1.91. The van der Waals surface area contributed by atoms with Crippen LogP contribution in [0.1, 0.15) is 39.5 Å². The van der Waals surface area contributed by atoms with Crippen LogP contribution in [-0.4, -0.2) is 11.1 Å². The fourth-order valence-electron chi connectivity index (χ4n) is 1.06. The number of rotatable bonds is 6. The van der Waals surface area contributed by atoms with E-state index in [1.807, 2.05) is 13.0 Å². The first-order valence-electron chi connectivity index (χ1n) is 4.49. The first-order valence-corrected chi connectivity index (χ1v) is 4.49. The predicted molar refractivity (Wildman–Crippen MR) is 50.1 cm³/mol. The summed E-state index contributed by atoms with van der Waals surface area (Å²) in [5, 5.41) is 8.42. The van der Waals surface area contributed by atoms with Gasteiger partial charge in [-0.1, -0.05) is 19.1 Å². The van der Waals surface area contributed by atoms with Crippen LogP contribution >= 0.6 is 0 Å². The largest absolute Gasteiger partial charge is 0.481 e. The van der Waals surface area contributed by atoms with Gasteiger partial charge in [0.2, 0.25) is 0 Å². The van der Waals surface area contributed by atoms with Gasteiger partial charge in [-0.15, -0.1) is 0 Å². The van der Waals surface area contributed by atoms with E-state index >= 15 is 0 Å². The van der Waals surface area contributed by atoms with Crippen molar-refractivity contribution in [2.75, 3.05) is 0 Å². The minimum absolute atomic E-state index is 0.303. The Balaban J connectivity index is 3.33. The highest BCUT2D eigenvalue weighted by Gasteiger charge is 2.03. The van der Waals surface area contributed by atoms with E-state index < -0.39 is 5.97 Å². The van der Waals surface area contributed by atoms with Gasteiger partial charge in [-0.25, -0.2) is 0 Å². The predicted octanol–water partition coefficient (Wildman–Crippen LogP) is 2.84. The van der Waals surface area contributed by atoms with Gasteiger partial charge < -0.3 is 5.11 Å². The van der Waals surface area contributed by atoms with Crippen LogP contribution < -0.4 is 0 Å². The second-order valence-corrected chi connectivity index (χ2v) is 3.18. The molecular weight excluding hydrogens is 152 g/mol. The highest BCUT2D eigenvalue weighted by molar-refractivity contribution is 5.66. The average molecular weight is 170 g/mol. The molecule has 0 aromatic rings. The molecule has 0 saturated carbocycles. The topological polar surface area (TPSA) is 37.3 Å². The Morgan fingerprint density at radius 1 is 1.50 bits per heavy atom. The molecule has 1 N–H and O–H groups in total. The van der Waals surface area contributed by atoms with Gasteiger partial charge in [0.1, 0.15) is 0 Å². The molecule has 0 heterocycles. The first kappa shape index (κ1) is 11.2. The molecule has 0 aliphatic heterocycles. The van der Waals surface area contributed by atoms with E-state index in [-0.39, 0.29) is 0 Å². The van der Waals surface area contributed by atoms with Crippen molar-refractivity contribution in [3.63, 3.8) is 0 Å². The van der Waals surface area contributed by atoms with Crippen LogP contribution in [-0.2, 0) is 4.79 Å². The molecule has 0 bridgehead atoms. The third kappa shape index (κ3) is 7.32. The van der Waals surface area contributed by atoms with Crippen molar-refractivity contribution in [1.29, 1.82) is 0 Å². The fraction of sp³-hybridized carbons (Fsp3) is 0.700. The van der Waals surface area contributed by atoms with Crippen molar-refractivity contribution in [3.8, 4) is 0 Å². The highest BCUT2D eigenvalue weighted by Crippen LogP contribution is 2.12. The monoisotopic (exact) mass is 170 g/mol. The summed E-state index contributed by atoms with van der Waals surface area (Å²) in [5.74, 6) is -0.162. The normalized spacial score (nSPS) is 13.5. The summed E-state index contributed by atoms with van der Waals surface area (Å²) >= 11 is 0. The van der Waals surface area contributed by atoms with Gasteiger partial charge in [-0.3, -0.25) is 4.79 Å². The van der Waals surface area contributed by atoms with E-state index in [0.29, 0.717) is 12.3 Å². The average Bonchev–Trinajstić information content (AvgIpc) is 2.01. The van der Waals surface area contributed by atoms with E-state index in [4.69, 9.17) is 5.11 Å². The highest BCUT2D eigenvalue weighted by atomic mass is 16.4. The molecule has 2 nitrogen and oxygen atoms in total. The molecule has 0 aromatic heterocycles. The van der Waals surface area contributed by atoms with Crippen LogP contribution in [0.3, 0.4) is 0 Å². The maximum Gasteiger partial charge on any atom is 0.303 e. The Hall–Kier alpha value is -0.790. The fourth-order valence-corrected chi connectivity index (χ4v) is 1.06. The van der Waals surface area contributed by atoms with Crippen molar-refractivity contribution >= 4 is 5.97 Å². The number of carbonyl (C=O) groups is 1. The minimum Gasteiger partial charge on any atom is -0.481 e. The summed E-state index contributed by atoms with van der Waals surface area (Å²) in [6.07, 6.45) is 7.42. The van der Waals surface area contributed by atoms with Crippen molar-refractivity contribution < 1.29 is 9.90 Å². The number of hydrogen-bond acceptors (Lipinski definition) is 1.